The molecule has 0 spiro atoms. The summed E-state index contributed by atoms with van der Waals surface area (Å²) in [5, 5.41) is 0. The van der Waals surface area contributed by atoms with E-state index in [-0.39, 0.29) is 7.43 Å². The summed E-state index contributed by atoms with van der Waals surface area (Å²) < 4.78 is 0. The van der Waals surface area contributed by atoms with Crippen LogP contribution in [0.2, 0.25) is 0 Å². The summed E-state index contributed by atoms with van der Waals surface area (Å²) in [4.78, 5) is 2.37. The number of nitrogens with zero attached hydrogens (tertiary/aromatic N) is 1. The number of hydrogen-bond donors (Lipinski definition) is 1. The molecule has 2 heteroatoms. The van der Waals surface area contributed by atoms with Gasteiger partial charge in [-0.2, -0.15) is 0 Å². The van der Waals surface area contributed by atoms with Crippen molar-refractivity contribution in [2.24, 2.45) is 0 Å². The highest BCUT2D eigenvalue weighted by molar-refractivity contribution is 5.68. The molecule has 0 aliphatic rings. The Morgan fingerprint density at radius 2 is 1.69 bits per heavy atom. The van der Waals surface area contributed by atoms with E-state index in [1.54, 1.807) is 0 Å². The summed E-state index contributed by atoms with van der Waals surface area (Å²) >= 11 is 0. The molecule has 0 aliphatic heterocycles. The minimum Gasteiger partial charge on any atom is -0.397 e. The van der Waals surface area contributed by atoms with Crippen LogP contribution in [-0.4, -0.2) is 13.1 Å². The zero-order valence-corrected chi connectivity index (χ0v) is 10.1. The second kappa shape index (κ2) is 7.15. The number of hydrogen-bond acceptors (Lipinski definition) is 2. The van der Waals surface area contributed by atoms with Gasteiger partial charge in [-0.3, -0.25) is 0 Å². The highest BCUT2D eigenvalue weighted by Crippen LogP contribution is 2.24. The summed E-state index contributed by atoms with van der Waals surface area (Å²) in [6.45, 7) is 8.65. The van der Waals surface area contributed by atoms with Crippen molar-refractivity contribution in [1.82, 2.24) is 0 Å². The van der Waals surface area contributed by atoms with Gasteiger partial charge in [-0.15, -0.1) is 0 Å². The van der Waals surface area contributed by atoms with E-state index in [0.717, 1.165) is 31.6 Å². The largest absolute Gasteiger partial charge is 0.397 e. The number of aryl methyl sites for hydroxylation is 1. The van der Waals surface area contributed by atoms with Gasteiger partial charge in [0.15, 0.2) is 0 Å². The molecule has 2 nitrogen and oxygen atoms in total. The summed E-state index contributed by atoms with van der Waals surface area (Å²) in [6.07, 6.45) is 2.32. The molecule has 0 saturated carbocycles. The second-order valence-electron chi connectivity index (χ2n) is 4.05. The van der Waals surface area contributed by atoms with Gasteiger partial charge in [0, 0.05) is 13.1 Å². The molecule has 1 aromatic carbocycles. The van der Waals surface area contributed by atoms with E-state index < -0.39 is 0 Å². The molecular weight excluding hydrogens is 196 g/mol. The van der Waals surface area contributed by atoms with Gasteiger partial charge in [0.2, 0.25) is 0 Å². The highest BCUT2D eigenvalue weighted by Gasteiger charge is 2.07. The molecule has 0 atom stereocenters. The van der Waals surface area contributed by atoms with E-state index in [9.17, 15) is 0 Å². The average Bonchev–Trinajstić information content (AvgIpc) is 2.17. The number of nitrogen functional groups attached to an aromatic ring is 1. The second-order valence-corrected chi connectivity index (χ2v) is 4.05. The van der Waals surface area contributed by atoms with Crippen molar-refractivity contribution in [3.63, 3.8) is 0 Å². The van der Waals surface area contributed by atoms with Crippen molar-refractivity contribution in [2.45, 2.75) is 41.0 Å². The van der Waals surface area contributed by atoms with Crippen LogP contribution in [0.15, 0.2) is 18.2 Å². The van der Waals surface area contributed by atoms with Crippen LogP contribution < -0.4 is 10.6 Å². The van der Waals surface area contributed by atoms with Crippen molar-refractivity contribution >= 4 is 11.4 Å². The van der Waals surface area contributed by atoms with Crippen molar-refractivity contribution < 1.29 is 0 Å². The molecule has 0 heterocycles. The van der Waals surface area contributed by atoms with Gasteiger partial charge in [0.05, 0.1) is 11.4 Å². The predicted molar refractivity (Wildman–Crippen MR) is 75.1 cm³/mol. The number of anilines is 2. The van der Waals surface area contributed by atoms with Gasteiger partial charge in [-0.05, 0) is 37.5 Å². The molecule has 0 bridgehead atoms. The molecule has 2 N–H and O–H groups in total. The van der Waals surface area contributed by atoms with E-state index in [4.69, 9.17) is 5.73 Å². The quantitative estimate of drug-likeness (QED) is 0.767. The zero-order chi connectivity index (χ0) is 11.3. The Morgan fingerprint density at radius 3 is 2.12 bits per heavy atom. The van der Waals surface area contributed by atoms with E-state index in [2.05, 4.69) is 37.8 Å². The van der Waals surface area contributed by atoms with Gasteiger partial charge < -0.3 is 10.6 Å². The first-order valence-corrected chi connectivity index (χ1v) is 5.80. The molecule has 0 aliphatic carbocycles. The lowest BCUT2D eigenvalue weighted by Crippen LogP contribution is -2.25. The van der Waals surface area contributed by atoms with Crippen LogP contribution in [-0.2, 0) is 0 Å². The van der Waals surface area contributed by atoms with Crippen molar-refractivity contribution in [1.29, 1.82) is 0 Å². The maximum absolute atomic E-state index is 6.04. The molecule has 0 fully saturated rings. The molecule has 0 amide bonds. The fourth-order valence-corrected chi connectivity index (χ4v) is 1.85. The summed E-state index contributed by atoms with van der Waals surface area (Å²) in [6, 6.07) is 6.31. The van der Waals surface area contributed by atoms with Crippen LogP contribution in [0.4, 0.5) is 11.4 Å². The zero-order valence-electron chi connectivity index (χ0n) is 10.1. The molecular formula is C14H26N2. The average molecular weight is 222 g/mol. The molecule has 0 unspecified atom stereocenters. The molecule has 16 heavy (non-hydrogen) atoms. The van der Waals surface area contributed by atoms with Gasteiger partial charge in [-0.25, -0.2) is 0 Å². The Labute approximate surface area is 100 Å². The highest BCUT2D eigenvalue weighted by atomic mass is 15.1. The first-order chi connectivity index (χ1) is 7.19. The minimum absolute atomic E-state index is 0. The first-order valence-electron chi connectivity index (χ1n) is 5.80. The van der Waals surface area contributed by atoms with E-state index >= 15 is 0 Å². The summed E-state index contributed by atoms with van der Waals surface area (Å²) in [7, 11) is 0. The minimum atomic E-state index is 0. The van der Waals surface area contributed by atoms with E-state index in [1.807, 2.05) is 6.07 Å². The lowest BCUT2D eigenvalue weighted by atomic mass is 10.1. The van der Waals surface area contributed by atoms with E-state index in [0.29, 0.717) is 0 Å². The predicted octanol–water partition coefficient (Wildman–Crippen LogP) is 3.84. The van der Waals surface area contributed by atoms with Crippen molar-refractivity contribution in [3.05, 3.63) is 23.8 Å². The fourth-order valence-electron chi connectivity index (χ4n) is 1.85. The third-order valence-corrected chi connectivity index (χ3v) is 2.51. The molecule has 1 aromatic rings. The lowest BCUT2D eigenvalue weighted by Gasteiger charge is -2.25. The normalized spacial score (nSPS) is 9.69. The van der Waals surface area contributed by atoms with Gasteiger partial charge in [0.25, 0.3) is 0 Å². The smallest absolute Gasteiger partial charge is 0.0600 e. The van der Waals surface area contributed by atoms with Crippen LogP contribution in [0.25, 0.3) is 0 Å². The monoisotopic (exact) mass is 222 g/mol. The topological polar surface area (TPSA) is 29.3 Å². The molecule has 92 valence electrons. The maximum Gasteiger partial charge on any atom is 0.0600 e. The van der Waals surface area contributed by atoms with Gasteiger partial charge in [0.1, 0.15) is 0 Å². The summed E-state index contributed by atoms with van der Waals surface area (Å²) in [5.41, 5.74) is 9.35. The fraction of sp³-hybridized carbons (Fsp3) is 0.571. The van der Waals surface area contributed by atoms with Gasteiger partial charge >= 0.3 is 0 Å². The Hall–Kier alpha value is -1.18. The molecule has 0 saturated heterocycles. The maximum atomic E-state index is 6.04. The van der Waals surface area contributed by atoms with E-state index in [1.165, 1.54) is 11.3 Å². The van der Waals surface area contributed by atoms with Crippen molar-refractivity contribution in [3.8, 4) is 0 Å². The Bertz CT molecular complexity index is 302. The molecule has 0 radical (unpaired) electrons. The summed E-state index contributed by atoms with van der Waals surface area (Å²) in [5.74, 6) is 0. The third-order valence-electron chi connectivity index (χ3n) is 2.51. The molecule has 1 rings (SSSR count). The number of benzene rings is 1. The third kappa shape index (κ3) is 3.76. The van der Waals surface area contributed by atoms with Crippen LogP contribution in [0.5, 0.6) is 0 Å². The number of rotatable bonds is 5. The lowest BCUT2D eigenvalue weighted by molar-refractivity contribution is 0.746. The standard InChI is InChI=1S/C13H22N2.CH4/c1-4-8-15(9-5-2)13-7-6-11(3)10-12(13)14;/h6-7,10H,4-5,8-9,14H2,1-3H3;1H4. The van der Waals surface area contributed by atoms with Gasteiger partial charge in [-0.1, -0.05) is 27.3 Å². The molecule has 0 aromatic heterocycles. The van der Waals surface area contributed by atoms with Crippen LogP contribution in [0, 0.1) is 6.92 Å². The van der Waals surface area contributed by atoms with Crippen LogP contribution in [0.3, 0.4) is 0 Å². The Kier molecular flexibility index (Phi) is 6.63. The SMILES string of the molecule is C.CCCN(CCC)c1ccc(C)cc1N. The Balaban J connectivity index is 0.00000225. The Morgan fingerprint density at radius 1 is 1.12 bits per heavy atom. The van der Waals surface area contributed by atoms with Crippen LogP contribution >= 0.6 is 0 Å². The van der Waals surface area contributed by atoms with Crippen LogP contribution in [0.1, 0.15) is 39.7 Å². The number of nitrogens with two attached hydrogens (primary N) is 1. The van der Waals surface area contributed by atoms with Crippen molar-refractivity contribution in [2.75, 3.05) is 23.7 Å². The first kappa shape index (κ1) is 14.8.